The van der Waals surface area contributed by atoms with Gasteiger partial charge in [0.25, 0.3) is 0 Å². The number of Topliss-reactive ketones (excluding diaryl/α,β-unsaturated/α-hetero) is 1. The number of carbonyl (C=O) groups excluding carboxylic acids is 1. The van der Waals surface area contributed by atoms with Gasteiger partial charge in [0, 0.05) is 5.56 Å². The van der Waals surface area contributed by atoms with Gasteiger partial charge >= 0.3 is 0 Å². The molecule has 1 saturated heterocycles. The van der Waals surface area contributed by atoms with Crippen LogP contribution in [0.5, 0.6) is 5.75 Å². The Kier molecular flexibility index (Phi) is 6.24. The number of benzene rings is 1. The summed E-state index contributed by atoms with van der Waals surface area (Å²) in [5.41, 5.74) is 0.749. The summed E-state index contributed by atoms with van der Waals surface area (Å²) in [6.07, 6.45) is 4.98. The van der Waals surface area contributed by atoms with E-state index in [-0.39, 0.29) is 5.78 Å². The Hall–Kier alpha value is -0.870. The summed E-state index contributed by atoms with van der Waals surface area (Å²) in [6, 6.07) is 5.54. The largest absolute Gasteiger partial charge is 0.496 e. The highest BCUT2D eigenvalue weighted by Crippen LogP contribution is 2.26. The molecule has 1 unspecified atom stereocenters. The zero-order valence-electron chi connectivity index (χ0n) is 12.9. The summed E-state index contributed by atoms with van der Waals surface area (Å²) in [5, 5.41) is 0. The van der Waals surface area contributed by atoms with Crippen molar-refractivity contribution in [3.05, 3.63) is 28.2 Å². The number of halogens is 1. The number of hydrogen-bond acceptors (Lipinski definition) is 3. The van der Waals surface area contributed by atoms with E-state index in [1.165, 1.54) is 25.7 Å². The lowest BCUT2D eigenvalue weighted by atomic mass is 9.98. The molecule has 1 fully saturated rings. The SMILES string of the molecule is CCC1CCCN(CC(=O)c2ccc(OC)c(Br)c2)CC1. The van der Waals surface area contributed by atoms with Gasteiger partial charge in [-0.15, -0.1) is 0 Å². The Morgan fingerprint density at radius 3 is 2.86 bits per heavy atom. The maximum atomic E-state index is 12.4. The number of methoxy groups -OCH3 is 1. The van der Waals surface area contributed by atoms with E-state index in [4.69, 9.17) is 4.74 Å². The first-order chi connectivity index (χ1) is 10.1. The van der Waals surface area contributed by atoms with Gasteiger partial charge in [-0.3, -0.25) is 9.69 Å². The van der Waals surface area contributed by atoms with Gasteiger partial charge < -0.3 is 4.74 Å². The highest BCUT2D eigenvalue weighted by atomic mass is 79.9. The fraction of sp³-hybridized carbons (Fsp3) is 0.588. The minimum absolute atomic E-state index is 0.188. The minimum atomic E-state index is 0.188. The molecule has 0 bridgehead atoms. The van der Waals surface area contributed by atoms with Crippen molar-refractivity contribution in [1.82, 2.24) is 4.90 Å². The molecule has 1 aliphatic heterocycles. The fourth-order valence-electron chi connectivity index (χ4n) is 2.93. The van der Waals surface area contributed by atoms with E-state index in [0.29, 0.717) is 6.54 Å². The maximum absolute atomic E-state index is 12.4. The third-order valence-electron chi connectivity index (χ3n) is 4.36. The van der Waals surface area contributed by atoms with Crippen LogP contribution in [0.3, 0.4) is 0 Å². The van der Waals surface area contributed by atoms with Crippen molar-refractivity contribution >= 4 is 21.7 Å². The molecule has 0 aliphatic carbocycles. The first-order valence-electron chi connectivity index (χ1n) is 7.73. The average Bonchev–Trinajstić information content (AvgIpc) is 2.72. The lowest BCUT2D eigenvalue weighted by molar-refractivity contribution is 0.0932. The standard InChI is InChI=1S/C17H24BrNO2/c1-3-13-5-4-9-19(10-8-13)12-16(20)14-6-7-17(21-2)15(18)11-14/h6-7,11,13H,3-5,8-10,12H2,1-2H3. The van der Waals surface area contributed by atoms with Crippen molar-refractivity contribution in [1.29, 1.82) is 0 Å². The second-order valence-corrected chi connectivity index (χ2v) is 6.61. The van der Waals surface area contributed by atoms with E-state index in [0.717, 1.165) is 34.8 Å². The van der Waals surface area contributed by atoms with E-state index in [9.17, 15) is 4.79 Å². The summed E-state index contributed by atoms with van der Waals surface area (Å²) in [5.74, 6) is 1.78. The van der Waals surface area contributed by atoms with Gasteiger partial charge in [0.2, 0.25) is 0 Å². The molecule has 1 aromatic carbocycles. The van der Waals surface area contributed by atoms with Crippen molar-refractivity contribution in [3.8, 4) is 5.75 Å². The lowest BCUT2D eigenvalue weighted by Gasteiger charge is -2.19. The predicted molar refractivity (Wildman–Crippen MR) is 89.1 cm³/mol. The highest BCUT2D eigenvalue weighted by Gasteiger charge is 2.18. The van der Waals surface area contributed by atoms with Gasteiger partial charge in [0.15, 0.2) is 5.78 Å². The Morgan fingerprint density at radius 2 is 2.19 bits per heavy atom. The summed E-state index contributed by atoms with van der Waals surface area (Å²) in [4.78, 5) is 14.7. The normalized spacial score (nSPS) is 20.0. The topological polar surface area (TPSA) is 29.5 Å². The molecule has 0 spiro atoms. The zero-order chi connectivity index (χ0) is 15.2. The van der Waals surface area contributed by atoms with Gasteiger partial charge in [0.1, 0.15) is 5.75 Å². The van der Waals surface area contributed by atoms with Gasteiger partial charge in [-0.1, -0.05) is 13.3 Å². The van der Waals surface area contributed by atoms with Crippen LogP contribution >= 0.6 is 15.9 Å². The molecule has 0 N–H and O–H groups in total. The minimum Gasteiger partial charge on any atom is -0.496 e. The van der Waals surface area contributed by atoms with Gasteiger partial charge in [-0.25, -0.2) is 0 Å². The number of ketones is 1. The van der Waals surface area contributed by atoms with Crippen molar-refractivity contribution in [2.45, 2.75) is 32.6 Å². The van der Waals surface area contributed by atoms with E-state index >= 15 is 0 Å². The van der Waals surface area contributed by atoms with Crippen LogP contribution < -0.4 is 4.74 Å². The predicted octanol–water partition coefficient (Wildman–Crippen LogP) is 4.15. The molecule has 0 aromatic heterocycles. The molecule has 2 rings (SSSR count). The molecule has 116 valence electrons. The smallest absolute Gasteiger partial charge is 0.176 e. The molecule has 1 atom stereocenters. The van der Waals surface area contributed by atoms with Crippen LogP contribution in [0.2, 0.25) is 0 Å². The maximum Gasteiger partial charge on any atom is 0.176 e. The van der Waals surface area contributed by atoms with E-state index in [1.807, 2.05) is 18.2 Å². The first kappa shape index (κ1) is 16.5. The monoisotopic (exact) mass is 353 g/mol. The van der Waals surface area contributed by atoms with E-state index in [2.05, 4.69) is 27.8 Å². The summed E-state index contributed by atoms with van der Waals surface area (Å²) in [6.45, 7) is 4.87. The Labute approximate surface area is 135 Å². The van der Waals surface area contributed by atoms with Crippen LogP contribution in [-0.2, 0) is 0 Å². The zero-order valence-corrected chi connectivity index (χ0v) is 14.5. The van der Waals surface area contributed by atoms with Crippen molar-refractivity contribution < 1.29 is 9.53 Å². The molecule has 1 heterocycles. The molecule has 3 nitrogen and oxygen atoms in total. The number of nitrogens with zero attached hydrogens (tertiary/aromatic N) is 1. The van der Waals surface area contributed by atoms with Crippen LogP contribution in [-0.4, -0.2) is 37.4 Å². The first-order valence-corrected chi connectivity index (χ1v) is 8.52. The second-order valence-electron chi connectivity index (χ2n) is 5.75. The molecular formula is C17H24BrNO2. The van der Waals surface area contributed by atoms with Crippen molar-refractivity contribution in [2.75, 3.05) is 26.7 Å². The van der Waals surface area contributed by atoms with Crippen LogP contribution in [0.1, 0.15) is 43.0 Å². The van der Waals surface area contributed by atoms with Crippen LogP contribution in [0.15, 0.2) is 22.7 Å². The number of carbonyl (C=O) groups is 1. The summed E-state index contributed by atoms with van der Waals surface area (Å²) >= 11 is 3.44. The van der Waals surface area contributed by atoms with Crippen LogP contribution in [0.4, 0.5) is 0 Å². The van der Waals surface area contributed by atoms with Crippen molar-refractivity contribution in [3.63, 3.8) is 0 Å². The quantitative estimate of drug-likeness (QED) is 0.744. The van der Waals surface area contributed by atoms with Crippen molar-refractivity contribution in [2.24, 2.45) is 5.92 Å². The molecule has 0 saturated carbocycles. The number of likely N-dealkylation sites (tertiary alicyclic amines) is 1. The molecule has 0 radical (unpaired) electrons. The van der Waals surface area contributed by atoms with Crippen LogP contribution in [0, 0.1) is 5.92 Å². The average molecular weight is 354 g/mol. The van der Waals surface area contributed by atoms with Gasteiger partial charge in [0.05, 0.1) is 18.1 Å². The highest BCUT2D eigenvalue weighted by molar-refractivity contribution is 9.10. The molecule has 1 aromatic rings. The molecular weight excluding hydrogens is 330 g/mol. The molecule has 1 aliphatic rings. The number of rotatable bonds is 5. The third kappa shape index (κ3) is 4.55. The lowest BCUT2D eigenvalue weighted by Crippen LogP contribution is -2.31. The van der Waals surface area contributed by atoms with Gasteiger partial charge in [-0.05, 0) is 72.4 Å². The Morgan fingerprint density at radius 1 is 1.38 bits per heavy atom. The second kappa shape index (κ2) is 7.95. The number of hydrogen-bond donors (Lipinski definition) is 0. The molecule has 4 heteroatoms. The Balaban J connectivity index is 1.96. The van der Waals surface area contributed by atoms with E-state index in [1.54, 1.807) is 7.11 Å². The summed E-state index contributed by atoms with van der Waals surface area (Å²) in [7, 11) is 1.63. The third-order valence-corrected chi connectivity index (χ3v) is 4.98. The fourth-order valence-corrected chi connectivity index (χ4v) is 3.47. The summed E-state index contributed by atoms with van der Waals surface area (Å²) < 4.78 is 6.03. The number of ether oxygens (including phenoxy) is 1. The molecule has 21 heavy (non-hydrogen) atoms. The molecule has 0 amide bonds. The van der Waals surface area contributed by atoms with E-state index < -0.39 is 0 Å². The van der Waals surface area contributed by atoms with Crippen LogP contribution in [0.25, 0.3) is 0 Å². The Bertz CT molecular complexity index is 490. The van der Waals surface area contributed by atoms with Gasteiger partial charge in [-0.2, -0.15) is 0 Å².